The molecule has 2 aliphatic heterocycles. The smallest absolute Gasteiger partial charge is 0.255 e. The topological polar surface area (TPSA) is 69.3 Å². The number of aromatic amines is 1. The molecule has 154 valence electrons. The number of hydrogen-bond acceptors (Lipinski definition) is 5. The minimum atomic E-state index is -0.0694. The standard InChI is InChI=1S/C22H28N4O2S/c1-13-6-9-29-19(13)12-25-8-5-17-16(11-25)21(27)24-20(23-17)18-4-3-7-26(18)22(28)15-10-14(15)2/h6,9,14-15,18H,3-5,7-8,10-12H2,1-2H3,(H,23,24,27)/t14-,15+,18+/m1/s1. The second kappa shape index (κ2) is 7.36. The molecule has 2 aromatic rings. The largest absolute Gasteiger partial charge is 0.332 e. The highest BCUT2D eigenvalue weighted by Crippen LogP contribution is 2.42. The van der Waals surface area contributed by atoms with Gasteiger partial charge in [-0.3, -0.25) is 14.5 Å². The molecule has 1 saturated heterocycles. The van der Waals surface area contributed by atoms with E-state index in [4.69, 9.17) is 4.98 Å². The lowest BCUT2D eigenvalue weighted by Gasteiger charge is -2.29. The fourth-order valence-electron chi connectivity index (χ4n) is 4.76. The highest BCUT2D eigenvalue weighted by Gasteiger charge is 2.45. The van der Waals surface area contributed by atoms with Crippen LogP contribution in [0.15, 0.2) is 16.2 Å². The third-order valence-corrected chi connectivity index (χ3v) is 7.79. The van der Waals surface area contributed by atoms with E-state index < -0.39 is 0 Å². The van der Waals surface area contributed by atoms with E-state index >= 15 is 0 Å². The average molecular weight is 413 g/mol. The Labute approximate surface area is 175 Å². The molecule has 6 nitrogen and oxygen atoms in total. The zero-order valence-corrected chi connectivity index (χ0v) is 17.9. The van der Waals surface area contributed by atoms with Gasteiger partial charge in [-0.1, -0.05) is 6.92 Å². The lowest BCUT2D eigenvalue weighted by atomic mass is 10.1. The van der Waals surface area contributed by atoms with Gasteiger partial charge in [0.2, 0.25) is 5.91 Å². The van der Waals surface area contributed by atoms with Crippen molar-refractivity contribution < 1.29 is 4.79 Å². The summed E-state index contributed by atoms with van der Waals surface area (Å²) in [6.07, 6.45) is 3.65. The van der Waals surface area contributed by atoms with Crippen LogP contribution in [0.5, 0.6) is 0 Å². The summed E-state index contributed by atoms with van der Waals surface area (Å²) in [5, 5.41) is 2.13. The van der Waals surface area contributed by atoms with Crippen molar-refractivity contribution in [1.82, 2.24) is 19.8 Å². The van der Waals surface area contributed by atoms with Crippen LogP contribution in [-0.2, 0) is 24.3 Å². The fraction of sp³-hybridized carbons (Fsp3) is 0.591. The van der Waals surface area contributed by atoms with Crippen molar-refractivity contribution in [3.63, 3.8) is 0 Å². The molecule has 4 heterocycles. The number of likely N-dealkylation sites (tertiary alicyclic amines) is 1. The van der Waals surface area contributed by atoms with Gasteiger partial charge in [0.25, 0.3) is 5.56 Å². The minimum Gasteiger partial charge on any atom is -0.332 e. The molecule has 1 amide bonds. The molecule has 0 aromatic carbocycles. The number of aryl methyl sites for hydroxylation is 1. The molecule has 0 unspecified atom stereocenters. The Hall–Kier alpha value is -1.99. The van der Waals surface area contributed by atoms with Crippen molar-refractivity contribution in [2.24, 2.45) is 11.8 Å². The van der Waals surface area contributed by atoms with Gasteiger partial charge in [0.15, 0.2) is 0 Å². The van der Waals surface area contributed by atoms with Crippen molar-refractivity contribution >= 4 is 17.2 Å². The number of amides is 1. The van der Waals surface area contributed by atoms with Crippen LogP contribution in [0.3, 0.4) is 0 Å². The van der Waals surface area contributed by atoms with Crippen LogP contribution in [-0.4, -0.2) is 38.8 Å². The summed E-state index contributed by atoms with van der Waals surface area (Å²) in [7, 11) is 0. The van der Waals surface area contributed by atoms with Crippen LogP contribution in [0, 0.1) is 18.8 Å². The third kappa shape index (κ3) is 3.55. The first-order chi connectivity index (χ1) is 14.0. The number of rotatable bonds is 4. The summed E-state index contributed by atoms with van der Waals surface area (Å²) >= 11 is 1.78. The number of hydrogen-bond donors (Lipinski definition) is 1. The van der Waals surface area contributed by atoms with E-state index in [2.05, 4.69) is 35.2 Å². The molecule has 5 rings (SSSR count). The number of thiophene rings is 1. The predicted molar refractivity (Wildman–Crippen MR) is 113 cm³/mol. The predicted octanol–water partition coefficient (Wildman–Crippen LogP) is 3.02. The second-order valence-electron chi connectivity index (χ2n) is 8.87. The monoisotopic (exact) mass is 412 g/mol. The van der Waals surface area contributed by atoms with Gasteiger partial charge in [0.05, 0.1) is 17.3 Å². The molecule has 7 heteroatoms. The molecular formula is C22H28N4O2S. The third-order valence-electron chi connectivity index (χ3n) is 6.78. The lowest BCUT2D eigenvalue weighted by molar-refractivity contribution is -0.134. The number of carbonyl (C=O) groups excluding carboxylic acids is 1. The number of nitrogens with one attached hydrogen (secondary N) is 1. The highest BCUT2D eigenvalue weighted by atomic mass is 32.1. The number of carbonyl (C=O) groups is 1. The number of fused-ring (bicyclic) bond motifs is 1. The summed E-state index contributed by atoms with van der Waals surface area (Å²) in [4.78, 5) is 39.3. The first-order valence-electron chi connectivity index (χ1n) is 10.7. The molecule has 2 aromatic heterocycles. The van der Waals surface area contributed by atoms with Crippen LogP contribution < -0.4 is 5.56 Å². The Bertz CT molecular complexity index is 997. The van der Waals surface area contributed by atoms with E-state index in [0.717, 1.165) is 56.6 Å². The Kier molecular flexibility index (Phi) is 4.82. The Morgan fingerprint density at radius 1 is 1.38 bits per heavy atom. The zero-order chi connectivity index (χ0) is 20.1. The molecule has 2 fully saturated rings. The van der Waals surface area contributed by atoms with Gasteiger partial charge in [-0.15, -0.1) is 11.3 Å². The highest BCUT2D eigenvalue weighted by molar-refractivity contribution is 7.10. The SMILES string of the molecule is Cc1ccsc1CN1CCc2nc([C@@H]3CCCN3C(=O)[C@H]3C[C@H]3C)[nH]c(=O)c2C1. The maximum atomic E-state index is 12.9. The van der Waals surface area contributed by atoms with Crippen molar-refractivity contribution in [2.75, 3.05) is 13.1 Å². The Balaban J connectivity index is 1.35. The Morgan fingerprint density at radius 3 is 2.93 bits per heavy atom. The maximum absolute atomic E-state index is 12.9. The van der Waals surface area contributed by atoms with Crippen molar-refractivity contribution in [2.45, 2.75) is 58.7 Å². The summed E-state index contributed by atoms with van der Waals surface area (Å²) in [5.74, 6) is 1.61. The summed E-state index contributed by atoms with van der Waals surface area (Å²) in [5.41, 5.74) is 3.00. The van der Waals surface area contributed by atoms with Gasteiger partial charge >= 0.3 is 0 Å². The van der Waals surface area contributed by atoms with Gasteiger partial charge in [0, 0.05) is 43.4 Å². The van der Waals surface area contributed by atoms with Crippen molar-refractivity contribution in [3.8, 4) is 0 Å². The molecule has 0 spiro atoms. The van der Waals surface area contributed by atoms with E-state index in [1.54, 1.807) is 11.3 Å². The van der Waals surface area contributed by atoms with Crippen LogP contribution in [0.25, 0.3) is 0 Å². The van der Waals surface area contributed by atoms with Gasteiger partial charge < -0.3 is 9.88 Å². The van der Waals surface area contributed by atoms with E-state index in [1.165, 1.54) is 10.4 Å². The number of nitrogens with zero attached hydrogens (tertiary/aromatic N) is 3. The second-order valence-corrected chi connectivity index (χ2v) is 9.87. The molecule has 3 aliphatic rings. The van der Waals surface area contributed by atoms with E-state index in [-0.39, 0.29) is 23.4 Å². The molecule has 1 aliphatic carbocycles. The van der Waals surface area contributed by atoms with Crippen LogP contribution in [0.2, 0.25) is 0 Å². The first kappa shape index (κ1) is 19.0. The Morgan fingerprint density at radius 2 is 2.21 bits per heavy atom. The number of H-pyrrole nitrogens is 1. The van der Waals surface area contributed by atoms with E-state index in [9.17, 15) is 9.59 Å². The van der Waals surface area contributed by atoms with Gasteiger partial charge in [-0.05, 0) is 49.1 Å². The summed E-state index contributed by atoms with van der Waals surface area (Å²) in [6, 6.07) is 2.08. The zero-order valence-electron chi connectivity index (χ0n) is 17.1. The minimum absolute atomic E-state index is 0.0308. The van der Waals surface area contributed by atoms with Gasteiger partial charge in [0.1, 0.15) is 5.82 Å². The normalized spacial score (nSPS) is 26.6. The van der Waals surface area contributed by atoms with Crippen LogP contribution in [0.4, 0.5) is 0 Å². The quantitative estimate of drug-likeness (QED) is 0.838. The van der Waals surface area contributed by atoms with E-state index in [0.29, 0.717) is 18.3 Å². The summed E-state index contributed by atoms with van der Waals surface area (Å²) < 4.78 is 0. The summed E-state index contributed by atoms with van der Waals surface area (Å²) in [6.45, 7) is 7.49. The molecule has 0 bridgehead atoms. The van der Waals surface area contributed by atoms with Gasteiger partial charge in [-0.2, -0.15) is 0 Å². The molecular weight excluding hydrogens is 384 g/mol. The van der Waals surface area contributed by atoms with Gasteiger partial charge in [-0.25, -0.2) is 4.98 Å². The molecule has 29 heavy (non-hydrogen) atoms. The van der Waals surface area contributed by atoms with Crippen molar-refractivity contribution in [1.29, 1.82) is 0 Å². The lowest BCUT2D eigenvalue weighted by Crippen LogP contribution is -2.38. The average Bonchev–Trinajstić information content (AvgIpc) is 3.07. The fourth-order valence-corrected chi connectivity index (χ4v) is 5.70. The first-order valence-corrected chi connectivity index (χ1v) is 11.6. The molecule has 1 N–H and O–H groups in total. The maximum Gasteiger partial charge on any atom is 0.255 e. The van der Waals surface area contributed by atoms with Crippen LogP contribution in [0.1, 0.15) is 59.8 Å². The van der Waals surface area contributed by atoms with Crippen molar-refractivity contribution in [3.05, 3.63) is 49.3 Å². The molecule has 3 atom stereocenters. The van der Waals surface area contributed by atoms with E-state index in [1.807, 2.05) is 4.90 Å². The molecule has 1 saturated carbocycles. The number of aromatic nitrogens is 2. The van der Waals surface area contributed by atoms with Crippen LogP contribution >= 0.6 is 11.3 Å². The molecule has 0 radical (unpaired) electrons.